The van der Waals surface area contributed by atoms with E-state index in [2.05, 4.69) is 12.1 Å². The van der Waals surface area contributed by atoms with Crippen LogP contribution in [0.2, 0.25) is 0 Å². The fourth-order valence-corrected chi connectivity index (χ4v) is 3.23. The SMILES string of the molecule is CC(C)(Cc1ccccc1)C(=O)N1CCCc2occc2C1. The fraction of sp³-hybridized carbons (Fsp3) is 0.421. The molecule has 1 aromatic heterocycles. The second-order valence-corrected chi connectivity index (χ2v) is 6.75. The van der Waals surface area contributed by atoms with Gasteiger partial charge in [0.25, 0.3) is 0 Å². The second-order valence-electron chi connectivity index (χ2n) is 6.75. The van der Waals surface area contributed by atoms with Crippen LogP contribution >= 0.6 is 0 Å². The van der Waals surface area contributed by atoms with Gasteiger partial charge in [0.1, 0.15) is 5.76 Å². The van der Waals surface area contributed by atoms with Gasteiger partial charge in [0.05, 0.1) is 6.26 Å². The van der Waals surface area contributed by atoms with Crippen LogP contribution in [0.3, 0.4) is 0 Å². The number of carbonyl (C=O) groups excluding carboxylic acids is 1. The summed E-state index contributed by atoms with van der Waals surface area (Å²) in [5, 5.41) is 0. The third-order valence-corrected chi connectivity index (χ3v) is 4.39. The third kappa shape index (κ3) is 3.08. The van der Waals surface area contributed by atoms with E-state index in [-0.39, 0.29) is 5.91 Å². The number of benzene rings is 1. The lowest BCUT2D eigenvalue weighted by Gasteiger charge is -2.31. The monoisotopic (exact) mass is 297 g/mol. The van der Waals surface area contributed by atoms with Crippen molar-refractivity contribution in [3.05, 3.63) is 59.5 Å². The third-order valence-electron chi connectivity index (χ3n) is 4.39. The van der Waals surface area contributed by atoms with Crippen molar-refractivity contribution in [1.29, 1.82) is 0 Å². The van der Waals surface area contributed by atoms with E-state index < -0.39 is 5.41 Å². The van der Waals surface area contributed by atoms with Gasteiger partial charge in [0.15, 0.2) is 0 Å². The van der Waals surface area contributed by atoms with Crippen LogP contribution < -0.4 is 0 Å². The molecule has 2 aromatic rings. The summed E-state index contributed by atoms with van der Waals surface area (Å²) < 4.78 is 5.51. The Morgan fingerprint density at radius 2 is 2.00 bits per heavy atom. The summed E-state index contributed by atoms with van der Waals surface area (Å²) in [6, 6.07) is 12.2. The second kappa shape index (κ2) is 5.99. The minimum atomic E-state index is -0.393. The minimum Gasteiger partial charge on any atom is -0.469 e. The lowest BCUT2D eigenvalue weighted by Crippen LogP contribution is -2.41. The first-order chi connectivity index (χ1) is 10.6. The van der Waals surface area contributed by atoms with Crippen molar-refractivity contribution < 1.29 is 9.21 Å². The maximum absolute atomic E-state index is 13.0. The van der Waals surface area contributed by atoms with Crippen LogP contribution in [-0.4, -0.2) is 17.4 Å². The Balaban J connectivity index is 1.75. The zero-order chi connectivity index (χ0) is 15.6. The summed E-state index contributed by atoms with van der Waals surface area (Å²) in [6.45, 7) is 5.57. The van der Waals surface area contributed by atoms with Crippen molar-refractivity contribution in [2.75, 3.05) is 6.54 Å². The average molecular weight is 297 g/mol. The van der Waals surface area contributed by atoms with Crippen LogP contribution in [0.25, 0.3) is 0 Å². The molecule has 0 spiro atoms. The Morgan fingerprint density at radius 1 is 1.23 bits per heavy atom. The van der Waals surface area contributed by atoms with Crippen molar-refractivity contribution in [3.8, 4) is 0 Å². The predicted octanol–water partition coefficient (Wildman–Crippen LogP) is 3.82. The molecule has 0 N–H and O–H groups in total. The minimum absolute atomic E-state index is 0.227. The van der Waals surface area contributed by atoms with Gasteiger partial charge in [-0.25, -0.2) is 0 Å². The number of nitrogens with zero attached hydrogens (tertiary/aromatic N) is 1. The van der Waals surface area contributed by atoms with E-state index in [1.54, 1.807) is 6.26 Å². The summed E-state index contributed by atoms with van der Waals surface area (Å²) in [6.07, 6.45) is 4.38. The number of furan rings is 1. The van der Waals surface area contributed by atoms with E-state index in [0.29, 0.717) is 6.54 Å². The summed E-state index contributed by atoms with van der Waals surface area (Å²) in [5.41, 5.74) is 1.97. The molecule has 0 bridgehead atoms. The Bertz CT molecular complexity index is 642. The standard InChI is InChI=1S/C19H23NO2/c1-19(2,13-15-7-4-3-5-8-15)18(21)20-11-6-9-17-16(14-20)10-12-22-17/h3-5,7-8,10,12H,6,9,11,13-14H2,1-2H3. The van der Waals surface area contributed by atoms with E-state index in [9.17, 15) is 4.79 Å². The Hall–Kier alpha value is -2.03. The summed E-state index contributed by atoms with van der Waals surface area (Å²) in [7, 11) is 0. The normalized spacial score (nSPS) is 15.3. The zero-order valence-electron chi connectivity index (χ0n) is 13.3. The van der Waals surface area contributed by atoms with Crippen molar-refractivity contribution in [2.24, 2.45) is 5.41 Å². The first-order valence-corrected chi connectivity index (χ1v) is 7.95. The number of rotatable bonds is 3. The van der Waals surface area contributed by atoms with Crippen molar-refractivity contribution in [3.63, 3.8) is 0 Å². The van der Waals surface area contributed by atoms with E-state index >= 15 is 0 Å². The zero-order valence-corrected chi connectivity index (χ0v) is 13.3. The topological polar surface area (TPSA) is 33.5 Å². The predicted molar refractivity (Wildman–Crippen MR) is 86.4 cm³/mol. The molecule has 1 aliphatic heterocycles. The van der Waals surface area contributed by atoms with Crippen LogP contribution in [0.4, 0.5) is 0 Å². The van der Waals surface area contributed by atoms with Gasteiger partial charge in [-0.1, -0.05) is 44.2 Å². The molecule has 3 rings (SSSR count). The molecular formula is C19H23NO2. The number of hydrogen-bond acceptors (Lipinski definition) is 2. The van der Waals surface area contributed by atoms with Crippen LogP contribution in [0.1, 0.15) is 37.2 Å². The molecule has 0 fully saturated rings. The van der Waals surface area contributed by atoms with E-state index in [1.165, 1.54) is 5.56 Å². The molecule has 0 unspecified atom stereocenters. The number of carbonyl (C=O) groups is 1. The molecule has 2 heterocycles. The van der Waals surface area contributed by atoms with E-state index in [1.807, 2.05) is 43.0 Å². The highest BCUT2D eigenvalue weighted by Gasteiger charge is 2.33. The van der Waals surface area contributed by atoms with Gasteiger partial charge in [0.2, 0.25) is 5.91 Å². The van der Waals surface area contributed by atoms with Gasteiger partial charge in [-0.3, -0.25) is 4.79 Å². The quantitative estimate of drug-likeness (QED) is 0.863. The molecule has 0 saturated heterocycles. The highest BCUT2D eigenvalue weighted by molar-refractivity contribution is 5.82. The molecule has 3 nitrogen and oxygen atoms in total. The molecule has 3 heteroatoms. The lowest BCUT2D eigenvalue weighted by molar-refractivity contribution is -0.141. The lowest BCUT2D eigenvalue weighted by atomic mass is 9.84. The van der Waals surface area contributed by atoms with E-state index in [0.717, 1.165) is 37.1 Å². The van der Waals surface area contributed by atoms with Gasteiger partial charge < -0.3 is 9.32 Å². The first-order valence-electron chi connectivity index (χ1n) is 7.95. The first kappa shape index (κ1) is 14.9. The summed E-state index contributed by atoms with van der Waals surface area (Å²) >= 11 is 0. The highest BCUT2D eigenvalue weighted by atomic mass is 16.3. The van der Waals surface area contributed by atoms with Crippen LogP contribution in [0.15, 0.2) is 47.1 Å². The van der Waals surface area contributed by atoms with Crippen molar-refractivity contribution >= 4 is 5.91 Å². The van der Waals surface area contributed by atoms with E-state index in [4.69, 9.17) is 4.42 Å². The molecule has 0 saturated carbocycles. The molecule has 1 aromatic carbocycles. The van der Waals surface area contributed by atoms with Gasteiger partial charge in [0, 0.05) is 30.5 Å². The van der Waals surface area contributed by atoms with Crippen LogP contribution in [0.5, 0.6) is 0 Å². The van der Waals surface area contributed by atoms with Crippen molar-refractivity contribution in [2.45, 2.75) is 39.7 Å². The van der Waals surface area contributed by atoms with Crippen LogP contribution in [-0.2, 0) is 24.2 Å². The molecule has 116 valence electrons. The Labute approximate surface area is 131 Å². The van der Waals surface area contributed by atoms with Gasteiger partial charge >= 0.3 is 0 Å². The Morgan fingerprint density at radius 3 is 2.77 bits per heavy atom. The molecule has 22 heavy (non-hydrogen) atoms. The Kier molecular flexibility index (Phi) is 4.06. The number of amides is 1. The molecule has 0 aliphatic carbocycles. The van der Waals surface area contributed by atoms with Gasteiger partial charge in [-0.2, -0.15) is 0 Å². The molecule has 0 atom stereocenters. The largest absolute Gasteiger partial charge is 0.469 e. The molecule has 1 aliphatic rings. The average Bonchev–Trinajstić information content (AvgIpc) is 2.84. The number of fused-ring (bicyclic) bond motifs is 1. The van der Waals surface area contributed by atoms with Crippen molar-refractivity contribution in [1.82, 2.24) is 4.90 Å². The number of hydrogen-bond donors (Lipinski definition) is 0. The summed E-state index contributed by atoms with van der Waals surface area (Å²) in [4.78, 5) is 15.0. The molecule has 0 radical (unpaired) electrons. The maximum Gasteiger partial charge on any atom is 0.228 e. The number of aryl methyl sites for hydroxylation is 1. The molecular weight excluding hydrogens is 274 g/mol. The van der Waals surface area contributed by atoms with Crippen LogP contribution in [0, 0.1) is 5.41 Å². The smallest absolute Gasteiger partial charge is 0.228 e. The summed E-state index contributed by atoms with van der Waals surface area (Å²) in [5.74, 6) is 1.27. The molecule has 1 amide bonds. The maximum atomic E-state index is 13.0. The highest BCUT2D eigenvalue weighted by Crippen LogP contribution is 2.28. The van der Waals surface area contributed by atoms with Gasteiger partial charge in [-0.05, 0) is 24.5 Å². The fourth-order valence-electron chi connectivity index (χ4n) is 3.23. The van der Waals surface area contributed by atoms with Gasteiger partial charge in [-0.15, -0.1) is 0 Å².